The van der Waals surface area contributed by atoms with Crippen molar-refractivity contribution in [3.05, 3.63) is 185 Å². The van der Waals surface area contributed by atoms with Crippen LogP contribution in [-0.4, -0.2) is 197 Å². The van der Waals surface area contributed by atoms with Crippen molar-refractivity contribution in [1.82, 2.24) is 64.4 Å². The fourth-order valence-electron chi connectivity index (χ4n) is 13.4. The molecule has 0 saturated carbocycles. The fraction of sp³-hybridized carbons (Fsp3) is 0.435. The summed E-state index contributed by atoms with van der Waals surface area (Å²) >= 11 is 5.45. The van der Waals surface area contributed by atoms with Gasteiger partial charge in [0, 0.05) is 169 Å². The maximum Gasteiger partial charge on any atom is 0.494 e. The Hall–Kier alpha value is -9.13. The van der Waals surface area contributed by atoms with Crippen LogP contribution in [0.4, 0.5) is 17.5 Å². The van der Waals surface area contributed by atoms with Crippen LogP contribution in [0, 0.1) is 0 Å². The van der Waals surface area contributed by atoms with E-state index in [0.29, 0.717) is 31.1 Å². The summed E-state index contributed by atoms with van der Waals surface area (Å²) in [5.74, 6) is 4.34. The zero-order valence-electron chi connectivity index (χ0n) is 67.8. The number of pyridine rings is 3. The van der Waals surface area contributed by atoms with Crippen LogP contribution in [0.1, 0.15) is 81.8 Å². The normalized spacial score (nSPS) is 16.1. The van der Waals surface area contributed by atoms with Crippen LogP contribution < -0.4 is 20.2 Å². The van der Waals surface area contributed by atoms with E-state index in [1.165, 1.54) is 5.56 Å². The lowest BCUT2D eigenvalue weighted by Crippen LogP contribution is -2.41. The van der Waals surface area contributed by atoms with Gasteiger partial charge in [0.2, 0.25) is 5.28 Å². The SMILES string of the molecule is CC1(C)OB(c2ccc3c(c2)c(-c2ccnc(N4CCOCC4)c2)nn3COCC[Si](C)(C)C)OC1(C)C.CCc1cnc(-c2ccc3c(c2)C(c2ccnc(N4CCOCC4)c2)=NC3)nc1.CCc1cnc(-c2ccc3c(c2)c(-c2ccnc(N4CCOCC4)c2)nn3COCC[Si](C)(C)C)nc1.CCc1cnc(Cl)nc1. The first-order valence-corrected chi connectivity index (χ1v) is 47.4. The molecule has 5 aliphatic heterocycles. The molecule has 8 aromatic heterocycles. The first kappa shape index (κ1) is 81.9. The van der Waals surface area contributed by atoms with Crippen LogP contribution in [-0.2, 0) is 72.3 Å². The lowest BCUT2D eigenvalue weighted by molar-refractivity contribution is 0.00578. The molecule has 0 radical (unpaired) electrons. The summed E-state index contributed by atoms with van der Waals surface area (Å²) in [6.07, 6.45) is 19.5. The van der Waals surface area contributed by atoms with Gasteiger partial charge < -0.3 is 47.7 Å². The molecule has 113 heavy (non-hydrogen) atoms. The highest BCUT2D eigenvalue weighted by Gasteiger charge is 2.52. The van der Waals surface area contributed by atoms with Crippen LogP contribution in [0.2, 0.25) is 56.7 Å². The lowest BCUT2D eigenvalue weighted by Gasteiger charge is -2.32. The van der Waals surface area contributed by atoms with Crippen LogP contribution in [0.3, 0.4) is 0 Å². The molecule has 0 amide bonds. The maximum atomic E-state index is 6.36. The molecule has 4 fully saturated rings. The summed E-state index contributed by atoms with van der Waals surface area (Å²) in [5.41, 5.74) is 16.0. The van der Waals surface area contributed by atoms with E-state index < -0.39 is 34.5 Å². The van der Waals surface area contributed by atoms with E-state index in [1.807, 2.05) is 77.9 Å². The highest BCUT2D eigenvalue weighted by atomic mass is 35.5. The minimum Gasteiger partial charge on any atom is -0.399 e. The average Bonchev–Trinajstić information content (AvgIpc) is 1.62. The number of aliphatic imine (C=N–C) groups is 1. The first-order valence-electron chi connectivity index (χ1n) is 39.7. The van der Waals surface area contributed by atoms with Gasteiger partial charge >= 0.3 is 7.12 Å². The van der Waals surface area contributed by atoms with E-state index in [-0.39, 0.29) is 0 Å². The Morgan fingerprint density at radius 2 is 0.850 bits per heavy atom. The molecule has 0 spiro atoms. The topological polar surface area (TPSA) is 238 Å². The van der Waals surface area contributed by atoms with E-state index in [1.54, 1.807) is 12.4 Å². The largest absolute Gasteiger partial charge is 0.494 e. The molecule has 5 aliphatic rings. The van der Waals surface area contributed by atoms with Gasteiger partial charge in [0.15, 0.2) is 11.6 Å². The third-order valence-electron chi connectivity index (χ3n) is 21.1. The second-order valence-corrected chi connectivity index (χ2v) is 43.9. The number of anilines is 3. The second-order valence-electron chi connectivity index (χ2n) is 32.3. The van der Waals surface area contributed by atoms with Crippen molar-refractivity contribution in [3.63, 3.8) is 0 Å². The van der Waals surface area contributed by atoms with Gasteiger partial charge in [-0.05, 0) is 165 Å². The Bertz CT molecular complexity index is 5010. The summed E-state index contributed by atoms with van der Waals surface area (Å²) in [6, 6.07) is 33.8. The van der Waals surface area contributed by atoms with Crippen LogP contribution in [0.25, 0.3) is 67.1 Å². The number of nitrogens with zero attached hydrogens (tertiary/aromatic N) is 17. The zero-order chi connectivity index (χ0) is 79.3. The van der Waals surface area contributed by atoms with Crippen molar-refractivity contribution in [2.24, 2.45) is 4.99 Å². The number of ether oxygens (including phenoxy) is 5. The van der Waals surface area contributed by atoms with E-state index in [2.05, 4.69) is 213 Å². The Morgan fingerprint density at radius 1 is 0.451 bits per heavy atom. The summed E-state index contributed by atoms with van der Waals surface area (Å²) < 4.78 is 45.4. The van der Waals surface area contributed by atoms with Crippen LogP contribution in [0.15, 0.2) is 152 Å². The van der Waals surface area contributed by atoms with Gasteiger partial charge in [-0.15, -0.1) is 0 Å². The number of rotatable bonds is 22. The zero-order valence-corrected chi connectivity index (χ0v) is 70.6. The number of halogens is 1. The molecular formula is C85H107BClN17O7Si2. The van der Waals surface area contributed by atoms with Crippen LogP contribution >= 0.6 is 11.6 Å². The molecule has 4 saturated heterocycles. The summed E-state index contributed by atoms with van der Waals surface area (Å²) in [4.78, 5) is 51.4. The van der Waals surface area contributed by atoms with Crippen molar-refractivity contribution in [2.75, 3.05) is 107 Å². The molecule has 16 rings (SSSR count). The Kier molecular flexibility index (Phi) is 26.8. The minimum atomic E-state index is -1.17. The monoisotopic (exact) mass is 1580 g/mol. The molecule has 592 valence electrons. The van der Waals surface area contributed by atoms with Crippen molar-refractivity contribution in [2.45, 2.75) is 150 Å². The third kappa shape index (κ3) is 20.9. The summed E-state index contributed by atoms with van der Waals surface area (Å²) in [6.45, 7) is 41.3. The predicted molar refractivity (Wildman–Crippen MR) is 456 cm³/mol. The van der Waals surface area contributed by atoms with Gasteiger partial charge in [0.05, 0.1) is 74.1 Å². The Labute approximate surface area is 671 Å². The average molecular weight is 1580 g/mol. The fourth-order valence-corrected chi connectivity index (χ4v) is 15.0. The van der Waals surface area contributed by atoms with Gasteiger partial charge in [0.1, 0.15) is 42.3 Å². The van der Waals surface area contributed by atoms with E-state index in [9.17, 15) is 0 Å². The van der Waals surface area contributed by atoms with Crippen molar-refractivity contribution >= 4 is 85.3 Å². The predicted octanol–water partition coefficient (Wildman–Crippen LogP) is 14.8. The minimum absolute atomic E-state index is 0.312. The molecule has 0 unspecified atom stereocenters. The molecule has 11 aromatic rings. The number of fused-ring (bicyclic) bond motifs is 3. The van der Waals surface area contributed by atoms with Crippen molar-refractivity contribution in [1.29, 1.82) is 0 Å². The highest BCUT2D eigenvalue weighted by Crippen LogP contribution is 2.39. The van der Waals surface area contributed by atoms with Gasteiger partial charge in [-0.3, -0.25) is 4.99 Å². The van der Waals surface area contributed by atoms with Crippen LogP contribution in [0.5, 0.6) is 0 Å². The molecule has 0 atom stereocenters. The maximum absolute atomic E-state index is 6.36. The molecule has 0 N–H and O–H groups in total. The first-order chi connectivity index (χ1) is 54.5. The summed E-state index contributed by atoms with van der Waals surface area (Å²) in [5, 5.41) is 12.5. The molecule has 3 aromatic carbocycles. The van der Waals surface area contributed by atoms with E-state index in [0.717, 1.165) is 241 Å². The number of aromatic nitrogens is 13. The van der Waals surface area contributed by atoms with Gasteiger partial charge in [-0.1, -0.05) is 84.3 Å². The number of benzene rings is 3. The quantitative estimate of drug-likeness (QED) is 0.0348. The van der Waals surface area contributed by atoms with Gasteiger partial charge in [-0.25, -0.2) is 54.2 Å². The highest BCUT2D eigenvalue weighted by molar-refractivity contribution is 6.76. The molecular weight excluding hydrogens is 1470 g/mol. The number of aryl methyl sites for hydroxylation is 3. The van der Waals surface area contributed by atoms with E-state index in [4.69, 9.17) is 59.8 Å². The third-order valence-corrected chi connectivity index (χ3v) is 24.7. The molecule has 24 nitrogen and oxygen atoms in total. The standard InChI is InChI=1S/C28H41BN4O4Si.C28H36N6O2Si.C23H23N5O.C6H7ClN2/c1-27(2)28(3,4)37-29(36-27)22-8-9-24-23(19-22)26(31-33(24)20-35-16-17-38(5,6)7)21-10-11-30-25(18-21)32-12-14-34-15-13-32;1-5-21-18-30-28(31-19-21)23-6-7-25-24(16-23)27(32-34(25)20-36-14-15-37(2,3)4)22-8-9-29-26(17-22)33-10-12-35-13-11-33;1-2-16-13-26-23(27-14-16)18-3-4-19-15-25-22(20(19)11-18)17-5-6-24-21(12-17)28-7-9-29-10-8-28;1-2-5-3-8-6(7)9-4-5/h8-11,18-19H,12-17,20H2,1-7H3;6-9,16-19H,5,10-15,20H2,1-4H3;3-6,11-14H,2,7-10,15H2,1H3;3-4H,2H2,1H3. The Morgan fingerprint density at radius 3 is 1.29 bits per heavy atom. The van der Waals surface area contributed by atoms with Crippen molar-refractivity contribution < 1.29 is 33.0 Å². The van der Waals surface area contributed by atoms with Crippen molar-refractivity contribution in [3.8, 4) is 45.3 Å². The number of hydrogen-bond acceptors (Lipinski definition) is 22. The number of hydrogen-bond donors (Lipinski definition) is 0. The lowest BCUT2D eigenvalue weighted by atomic mass is 9.78. The molecule has 28 heteroatoms. The number of morpholine rings is 3. The smallest absolute Gasteiger partial charge is 0.399 e. The molecule has 0 bridgehead atoms. The second kappa shape index (κ2) is 37.0. The molecule has 13 heterocycles. The Balaban J connectivity index is 0.000000141. The van der Waals surface area contributed by atoms with Gasteiger partial charge in [0.25, 0.3) is 0 Å². The van der Waals surface area contributed by atoms with Gasteiger partial charge in [-0.2, -0.15) is 10.2 Å². The van der Waals surface area contributed by atoms with E-state index >= 15 is 0 Å². The molecule has 0 aliphatic carbocycles. The summed E-state index contributed by atoms with van der Waals surface area (Å²) in [7, 11) is -2.76.